The van der Waals surface area contributed by atoms with Crippen LogP contribution in [0.2, 0.25) is 0 Å². The summed E-state index contributed by atoms with van der Waals surface area (Å²) in [7, 11) is 0. The third kappa shape index (κ3) is 6.05. The molecule has 0 radical (unpaired) electrons. The molecule has 0 unspecified atom stereocenters. The Bertz CT molecular complexity index is 344. The molecule has 5 heteroatoms. The SMILES string of the molecule is CC(C)(C)OC(=O)[C@H](O)C(C)(C)C(=O)OC(C)(C)C. The van der Waals surface area contributed by atoms with Gasteiger partial charge in [0.25, 0.3) is 0 Å². The first-order valence-electron chi connectivity index (χ1n) is 6.31. The van der Waals surface area contributed by atoms with E-state index in [0.29, 0.717) is 0 Å². The van der Waals surface area contributed by atoms with Crippen LogP contribution in [-0.2, 0) is 19.1 Å². The summed E-state index contributed by atoms with van der Waals surface area (Å²) in [5.41, 5.74) is -2.76. The lowest BCUT2D eigenvalue weighted by molar-refractivity contribution is -0.186. The van der Waals surface area contributed by atoms with Gasteiger partial charge in [-0.1, -0.05) is 0 Å². The first-order chi connectivity index (χ1) is 8.17. The van der Waals surface area contributed by atoms with Crippen molar-refractivity contribution in [3.63, 3.8) is 0 Å². The quantitative estimate of drug-likeness (QED) is 0.797. The van der Waals surface area contributed by atoms with Gasteiger partial charge in [-0.05, 0) is 55.4 Å². The molecule has 0 bridgehead atoms. The maximum atomic E-state index is 12.0. The van der Waals surface area contributed by atoms with Gasteiger partial charge in [-0.2, -0.15) is 0 Å². The van der Waals surface area contributed by atoms with Gasteiger partial charge in [0.1, 0.15) is 11.2 Å². The molecule has 0 aromatic carbocycles. The van der Waals surface area contributed by atoms with E-state index in [4.69, 9.17) is 9.47 Å². The van der Waals surface area contributed by atoms with Crippen LogP contribution in [0.25, 0.3) is 0 Å². The van der Waals surface area contributed by atoms with Gasteiger partial charge in [0.15, 0.2) is 6.10 Å². The zero-order chi connectivity index (χ0) is 15.6. The Hall–Kier alpha value is -1.10. The number of rotatable bonds is 3. The molecule has 0 aliphatic carbocycles. The maximum Gasteiger partial charge on any atom is 0.336 e. The lowest BCUT2D eigenvalue weighted by Crippen LogP contribution is -2.47. The predicted molar refractivity (Wildman–Crippen MR) is 71.5 cm³/mol. The molecule has 0 heterocycles. The van der Waals surface area contributed by atoms with Crippen LogP contribution in [-0.4, -0.2) is 34.4 Å². The van der Waals surface area contributed by atoms with E-state index < -0.39 is 34.7 Å². The molecular formula is C14H26O5. The van der Waals surface area contributed by atoms with Crippen LogP contribution in [0.15, 0.2) is 0 Å². The average molecular weight is 274 g/mol. The Morgan fingerprint density at radius 3 is 1.53 bits per heavy atom. The van der Waals surface area contributed by atoms with E-state index in [2.05, 4.69) is 0 Å². The van der Waals surface area contributed by atoms with Crippen LogP contribution >= 0.6 is 0 Å². The van der Waals surface area contributed by atoms with Crippen molar-refractivity contribution in [2.45, 2.75) is 72.7 Å². The van der Waals surface area contributed by atoms with Crippen molar-refractivity contribution in [1.82, 2.24) is 0 Å². The topological polar surface area (TPSA) is 72.8 Å². The zero-order valence-corrected chi connectivity index (χ0v) is 13.2. The Kier molecular flexibility index (Phi) is 5.17. The molecule has 0 aromatic heterocycles. The first-order valence-corrected chi connectivity index (χ1v) is 6.31. The molecule has 0 aliphatic heterocycles. The Morgan fingerprint density at radius 1 is 0.842 bits per heavy atom. The van der Waals surface area contributed by atoms with E-state index >= 15 is 0 Å². The molecule has 0 fully saturated rings. The second-order valence-corrected chi connectivity index (χ2v) is 7.16. The second kappa shape index (κ2) is 5.49. The number of hydrogen-bond donors (Lipinski definition) is 1. The predicted octanol–water partition coefficient (Wildman–Crippen LogP) is 2.06. The Morgan fingerprint density at radius 2 is 1.21 bits per heavy atom. The van der Waals surface area contributed by atoms with E-state index in [-0.39, 0.29) is 0 Å². The summed E-state index contributed by atoms with van der Waals surface area (Å²) < 4.78 is 10.3. The molecule has 0 rings (SSSR count). The number of carbonyl (C=O) groups is 2. The highest BCUT2D eigenvalue weighted by Gasteiger charge is 2.44. The molecule has 5 nitrogen and oxygen atoms in total. The second-order valence-electron chi connectivity index (χ2n) is 7.16. The van der Waals surface area contributed by atoms with Crippen LogP contribution in [0.1, 0.15) is 55.4 Å². The number of ether oxygens (including phenoxy) is 2. The van der Waals surface area contributed by atoms with Gasteiger partial charge in [-0.25, -0.2) is 4.79 Å². The largest absolute Gasteiger partial charge is 0.459 e. The van der Waals surface area contributed by atoms with E-state index in [1.165, 1.54) is 13.8 Å². The lowest BCUT2D eigenvalue weighted by atomic mass is 9.86. The number of carbonyl (C=O) groups excluding carboxylic acids is 2. The number of aliphatic hydroxyl groups excluding tert-OH is 1. The van der Waals surface area contributed by atoms with Crippen molar-refractivity contribution in [2.75, 3.05) is 0 Å². The fraction of sp³-hybridized carbons (Fsp3) is 0.857. The Balaban J connectivity index is 4.90. The number of aliphatic hydroxyl groups is 1. The van der Waals surface area contributed by atoms with Crippen LogP contribution < -0.4 is 0 Å². The standard InChI is InChI=1S/C14H26O5/c1-12(2,3)18-10(16)9(15)14(7,8)11(17)19-13(4,5)6/h9,15H,1-8H3/t9-/m0/s1. The molecule has 0 aliphatic rings. The van der Waals surface area contributed by atoms with Crippen molar-refractivity contribution in [2.24, 2.45) is 5.41 Å². The molecule has 0 spiro atoms. The molecule has 0 saturated carbocycles. The molecule has 1 N–H and O–H groups in total. The monoisotopic (exact) mass is 274 g/mol. The smallest absolute Gasteiger partial charge is 0.336 e. The van der Waals surface area contributed by atoms with Gasteiger partial charge >= 0.3 is 11.9 Å². The van der Waals surface area contributed by atoms with Gasteiger partial charge in [-0.15, -0.1) is 0 Å². The van der Waals surface area contributed by atoms with Crippen molar-refractivity contribution in [1.29, 1.82) is 0 Å². The van der Waals surface area contributed by atoms with E-state index in [1.807, 2.05) is 0 Å². The fourth-order valence-electron chi connectivity index (χ4n) is 1.17. The molecule has 1 atom stereocenters. The van der Waals surface area contributed by atoms with E-state index in [1.54, 1.807) is 41.5 Å². The molecule has 19 heavy (non-hydrogen) atoms. The van der Waals surface area contributed by atoms with E-state index in [0.717, 1.165) is 0 Å². The summed E-state index contributed by atoms with van der Waals surface area (Å²) >= 11 is 0. The van der Waals surface area contributed by atoms with Gasteiger partial charge in [0.2, 0.25) is 0 Å². The molecule has 0 amide bonds. The minimum atomic E-state index is -1.57. The first kappa shape index (κ1) is 17.9. The molecule has 0 saturated heterocycles. The third-order valence-electron chi connectivity index (χ3n) is 2.24. The zero-order valence-electron chi connectivity index (χ0n) is 13.2. The van der Waals surface area contributed by atoms with Gasteiger partial charge < -0.3 is 14.6 Å². The van der Waals surface area contributed by atoms with Gasteiger partial charge in [0, 0.05) is 0 Å². The summed E-state index contributed by atoms with van der Waals surface area (Å²) in [6.45, 7) is 13.2. The fourth-order valence-corrected chi connectivity index (χ4v) is 1.17. The summed E-state index contributed by atoms with van der Waals surface area (Å²) in [5, 5.41) is 10.0. The summed E-state index contributed by atoms with van der Waals surface area (Å²) in [4.78, 5) is 23.8. The van der Waals surface area contributed by atoms with Crippen molar-refractivity contribution in [3.8, 4) is 0 Å². The average Bonchev–Trinajstić information content (AvgIpc) is 2.10. The highest BCUT2D eigenvalue weighted by molar-refractivity contribution is 5.86. The summed E-state index contributed by atoms with van der Waals surface area (Å²) in [5.74, 6) is -1.47. The highest BCUT2D eigenvalue weighted by Crippen LogP contribution is 2.27. The highest BCUT2D eigenvalue weighted by atomic mass is 16.6. The van der Waals surface area contributed by atoms with Crippen LogP contribution in [0.4, 0.5) is 0 Å². The molecule has 0 aromatic rings. The minimum Gasteiger partial charge on any atom is -0.459 e. The van der Waals surface area contributed by atoms with Crippen LogP contribution in [0.3, 0.4) is 0 Å². The summed E-state index contributed by atoms with van der Waals surface area (Å²) in [6, 6.07) is 0. The number of hydrogen-bond acceptors (Lipinski definition) is 5. The molecular weight excluding hydrogens is 248 g/mol. The normalized spacial score (nSPS) is 14.8. The number of esters is 2. The van der Waals surface area contributed by atoms with Gasteiger partial charge in [-0.3, -0.25) is 4.79 Å². The third-order valence-corrected chi connectivity index (χ3v) is 2.24. The Labute approximate surface area is 115 Å². The molecule has 112 valence electrons. The van der Waals surface area contributed by atoms with Gasteiger partial charge in [0.05, 0.1) is 5.41 Å². The van der Waals surface area contributed by atoms with E-state index in [9.17, 15) is 14.7 Å². The maximum absolute atomic E-state index is 12.0. The lowest BCUT2D eigenvalue weighted by Gasteiger charge is -2.32. The summed E-state index contributed by atoms with van der Waals surface area (Å²) in [6.07, 6.45) is -1.57. The minimum absolute atomic E-state index is 0.640. The van der Waals surface area contributed by atoms with Crippen molar-refractivity contribution < 1.29 is 24.2 Å². The van der Waals surface area contributed by atoms with Crippen LogP contribution in [0, 0.1) is 5.41 Å². The van der Waals surface area contributed by atoms with Crippen molar-refractivity contribution >= 4 is 11.9 Å². The van der Waals surface area contributed by atoms with Crippen molar-refractivity contribution in [3.05, 3.63) is 0 Å². The van der Waals surface area contributed by atoms with Crippen LogP contribution in [0.5, 0.6) is 0 Å².